The first-order valence-corrected chi connectivity index (χ1v) is 10.1. The lowest BCUT2D eigenvalue weighted by Gasteiger charge is -2.17. The molecule has 0 saturated heterocycles. The average molecular weight is 453 g/mol. The first-order chi connectivity index (χ1) is 14.0. The number of amides is 1. The molecule has 0 saturated carbocycles. The molecule has 0 aliphatic rings. The van der Waals surface area contributed by atoms with Gasteiger partial charge >= 0.3 is 0 Å². The molecule has 1 atom stereocenters. The van der Waals surface area contributed by atoms with E-state index in [1.54, 1.807) is 12.1 Å². The number of fused-ring (bicyclic) bond motifs is 1. The molecule has 0 heterocycles. The van der Waals surface area contributed by atoms with Crippen LogP contribution in [0.1, 0.15) is 31.0 Å². The number of rotatable bonds is 7. The van der Waals surface area contributed by atoms with Crippen LogP contribution in [0.5, 0.6) is 11.5 Å². The zero-order valence-electron chi connectivity index (χ0n) is 16.2. The van der Waals surface area contributed by atoms with Crippen LogP contribution in [0.2, 0.25) is 0 Å². The van der Waals surface area contributed by atoms with Crippen LogP contribution >= 0.6 is 15.9 Å². The fourth-order valence-corrected chi connectivity index (χ4v) is 3.57. The number of nitriles is 1. The van der Waals surface area contributed by atoms with Crippen molar-refractivity contribution in [2.45, 2.75) is 19.9 Å². The lowest BCUT2D eigenvalue weighted by molar-refractivity contribution is -0.123. The molecular weight excluding hydrogens is 432 g/mol. The largest absolute Gasteiger partial charge is 0.490 e. The van der Waals surface area contributed by atoms with E-state index in [2.05, 4.69) is 39.4 Å². The monoisotopic (exact) mass is 452 g/mol. The van der Waals surface area contributed by atoms with Crippen LogP contribution in [0.3, 0.4) is 0 Å². The number of hydrogen-bond acceptors (Lipinski definition) is 4. The molecular formula is C23H21BrN2O3. The van der Waals surface area contributed by atoms with Crippen LogP contribution in [-0.4, -0.2) is 19.1 Å². The van der Waals surface area contributed by atoms with Gasteiger partial charge in [0.25, 0.3) is 5.91 Å². The zero-order chi connectivity index (χ0) is 20.8. The van der Waals surface area contributed by atoms with Gasteiger partial charge in [-0.3, -0.25) is 4.79 Å². The number of nitrogens with zero attached hydrogens (tertiary/aromatic N) is 1. The lowest BCUT2D eigenvalue weighted by Crippen LogP contribution is -2.31. The minimum absolute atomic E-state index is 0.161. The van der Waals surface area contributed by atoms with E-state index >= 15 is 0 Å². The second-order valence-electron chi connectivity index (χ2n) is 6.51. The molecule has 5 nitrogen and oxygen atoms in total. The van der Waals surface area contributed by atoms with Crippen molar-refractivity contribution < 1.29 is 14.3 Å². The predicted octanol–water partition coefficient (Wildman–Crippen LogP) is 5.13. The summed E-state index contributed by atoms with van der Waals surface area (Å²) in [5, 5.41) is 14.3. The normalized spacial score (nSPS) is 11.5. The Morgan fingerprint density at radius 3 is 2.62 bits per heavy atom. The third kappa shape index (κ3) is 5.07. The van der Waals surface area contributed by atoms with E-state index in [9.17, 15) is 4.79 Å². The Morgan fingerprint density at radius 1 is 1.14 bits per heavy atom. The molecule has 1 amide bonds. The second kappa shape index (κ2) is 9.44. The zero-order valence-corrected chi connectivity index (χ0v) is 17.8. The Balaban J connectivity index is 1.67. The van der Waals surface area contributed by atoms with Gasteiger partial charge in [-0.25, -0.2) is 0 Å². The van der Waals surface area contributed by atoms with Gasteiger partial charge in [0.05, 0.1) is 28.8 Å². The molecule has 0 aliphatic heterocycles. The highest BCUT2D eigenvalue weighted by Gasteiger charge is 2.16. The van der Waals surface area contributed by atoms with Crippen molar-refractivity contribution in [3.63, 3.8) is 0 Å². The number of hydrogen-bond donors (Lipinski definition) is 1. The van der Waals surface area contributed by atoms with Gasteiger partial charge in [-0.15, -0.1) is 0 Å². The van der Waals surface area contributed by atoms with Crippen molar-refractivity contribution in [1.29, 1.82) is 5.26 Å². The fourth-order valence-electron chi connectivity index (χ4n) is 3.02. The van der Waals surface area contributed by atoms with Crippen LogP contribution in [0.4, 0.5) is 0 Å². The molecule has 6 heteroatoms. The fraction of sp³-hybridized carbons (Fsp3) is 0.217. The summed E-state index contributed by atoms with van der Waals surface area (Å²) in [6, 6.07) is 19.4. The van der Waals surface area contributed by atoms with Crippen LogP contribution < -0.4 is 14.8 Å². The van der Waals surface area contributed by atoms with Crippen LogP contribution in [-0.2, 0) is 4.79 Å². The Labute approximate surface area is 178 Å². The van der Waals surface area contributed by atoms with E-state index in [4.69, 9.17) is 14.7 Å². The maximum Gasteiger partial charge on any atom is 0.258 e. The number of halogens is 1. The molecule has 148 valence electrons. The van der Waals surface area contributed by atoms with E-state index in [1.807, 2.05) is 44.2 Å². The number of carbonyl (C=O) groups excluding carboxylic acids is 1. The highest BCUT2D eigenvalue weighted by Crippen LogP contribution is 2.36. The summed E-state index contributed by atoms with van der Waals surface area (Å²) in [7, 11) is 0. The van der Waals surface area contributed by atoms with E-state index in [1.165, 1.54) is 0 Å². The molecule has 3 aromatic rings. The van der Waals surface area contributed by atoms with E-state index in [0.29, 0.717) is 28.1 Å². The van der Waals surface area contributed by atoms with Gasteiger partial charge in [-0.05, 0) is 58.2 Å². The average Bonchev–Trinajstić information content (AvgIpc) is 2.72. The van der Waals surface area contributed by atoms with Gasteiger partial charge in [-0.2, -0.15) is 5.26 Å². The summed E-state index contributed by atoms with van der Waals surface area (Å²) in [6.07, 6.45) is 0. The van der Waals surface area contributed by atoms with Crippen LogP contribution in [0, 0.1) is 11.3 Å². The Morgan fingerprint density at radius 2 is 1.90 bits per heavy atom. The number of benzene rings is 3. The minimum atomic E-state index is -0.246. The third-order valence-corrected chi connectivity index (χ3v) is 5.03. The predicted molar refractivity (Wildman–Crippen MR) is 116 cm³/mol. The molecule has 0 fully saturated rings. The molecule has 3 aromatic carbocycles. The van der Waals surface area contributed by atoms with E-state index in [-0.39, 0.29) is 18.6 Å². The van der Waals surface area contributed by atoms with Crippen LogP contribution in [0.25, 0.3) is 10.8 Å². The highest BCUT2D eigenvalue weighted by atomic mass is 79.9. The maximum absolute atomic E-state index is 12.4. The summed E-state index contributed by atoms with van der Waals surface area (Å²) in [5.41, 5.74) is 1.47. The lowest BCUT2D eigenvalue weighted by atomic mass is 10.0. The van der Waals surface area contributed by atoms with Crippen molar-refractivity contribution >= 4 is 32.6 Å². The van der Waals surface area contributed by atoms with Crippen LogP contribution in [0.15, 0.2) is 59.1 Å². The second-order valence-corrected chi connectivity index (χ2v) is 7.37. The summed E-state index contributed by atoms with van der Waals surface area (Å²) < 4.78 is 11.8. The van der Waals surface area contributed by atoms with Gasteiger partial charge in [0.15, 0.2) is 18.1 Å². The molecule has 29 heavy (non-hydrogen) atoms. The minimum Gasteiger partial charge on any atom is -0.490 e. The number of nitrogens with one attached hydrogen (secondary N) is 1. The van der Waals surface area contributed by atoms with Gasteiger partial charge in [0.2, 0.25) is 0 Å². The summed E-state index contributed by atoms with van der Waals surface area (Å²) >= 11 is 3.38. The van der Waals surface area contributed by atoms with Crippen molar-refractivity contribution in [2.75, 3.05) is 13.2 Å². The van der Waals surface area contributed by atoms with Crippen molar-refractivity contribution in [1.82, 2.24) is 5.32 Å². The summed E-state index contributed by atoms with van der Waals surface area (Å²) in [5.74, 6) is 0.581. The first kappa shape index (κ1) is 20.7. The number of ether oxygens (including phenoxy) is 2. The molecule has 0 radical (unpaired) electrons. The van der Waals surface area contributed by atoms with Gasteiger partial charge in [-0.1, -0.05) is 36.4 Å². The summed E-state index contributed by atoms with van der Waals surface area (Å²) in [4.78, 5) is 12.4. The van der Waals surface area contributed by atoms with E-state index in [0.717, 1.165) is 16.3 Å². The SMILES string of the molecule is CCOc1cc(C#N)cc(Br)c1OCC(=O)N[C@@H](C)c1ccc2ccccc2c1. The maximum atomic E-state index is 12.4. The van der Waals surface area contributed by atoms with Gasteiger partial charge in [0, 0.05) is 6.07 Å². The molecule has 0 aliphatic carbocycles. The molecule has 0 aromatic heterocycles. The molecule has 0 spiro atoms. The van der Waals surface area contributed by atoms with Gasteiger partial charge < -0.3 is 14.8 Å². The smallest absolute Gasteiger partial charge is 0.258 e. The Hall–Kier alpha value is -3.04. The van der Waals surface area contributed by atoms with Crippen molar-refractivity contribution in [2.24, 2.45) is 0 Å². The summed E-state index contributed by atoms with van der Waals surface area (Å²) in [6.45, 7) is 4.03. The molecule has 0 bridgehead atoms. The standard InChI is InChI=1S/C23H21BrN2O3/c1-3-28-21-11-16(13-25)10-20(24)23(21)29-14-22(27)26-15(2)18-9-8-17-6-4-5-7-19(17)12-18/h4-12,15H,3,14H2,1-2H3,(H,26,27)/t15-/m0/s1. The molecule has 1 N–H and O–H groups in total. The van der Waals surface area contributed by atoms with Crippen molar-refractivity contribution in [3.8, 4) is 17.6 Å². The third-order valence-electron chi connectivity index (χ3n) is 4.44. The Bertz CT molecular complexity index is 1080. The quantitative estimate of drug-likeness (QED) is 0.539. The Kier molecular flexibility index (Phi) is 6.73. The van der Waals surface area contributed by atoms with E-state index < -0.39 is 0 Å². The highest BCUT2D eigenvalue weighted by molar-refractivity contribution is 9.10. The topological polar surface area (TPSA) is 71.3 Å². The molecule has 0 unspecified atom stereocenters. The van der Waals surface area contributed by atoms with Gasteiger partial charge in [0.1, 0.15) is 0 Å². The molecule has 3 rings (SSSR count). The number of carbonyl (C=O) groups is 1. The first-order valence-electron chi connectivity index (χ1n) is 9.29. The van der Waals surface area contributed by atoms with Crippen molar-refractivity contribution in [3.05, 3.63) is 70.2 Å².